The Bertz CT molecular complexity index is 601. The van der Waals surface area contributed by atoms with E-state index < -0.39 is 0 Å². The van der Waals surface area contributed by atoms with Gasteiger partial charge >= 0.3 is 0 Å². The number of rotatable bonds is 5. The summed E-state index contributed by atoms with van der Waals surface area (Å²) in [5, 5.41) is 4.64. The van der Waals surface area contributed by atoms with Crippen LogP contribution in [-0.4, -0.2) is 35.2 Å². The minimum absolute atomic E-state index is 0.536. The van der Waals surface area contributed by atoms with Crippen LogP contribution in [0.2, 0.25) is 0 Å². The predicted molar refractivity (Wildman–Crippen MR) is 87.1 cm³/mol. The number of anilines is 1. The summed E-state index contributed by atoms with van der Waals surface area (Å²) in [6.07, 6.45) is 6.63. The van der Waals surface area contributed by atoms with E-state index in [1.54, 1.807) is 11.3 Å². The Balaban J connectivity index is 1.56. The van der Waals surface area contributed by atoms with Crippen LogP contribution >= 0.6 is 11.3 Å². The molecule has 0 spiro atoms. The van der Waals surface area contributed by atoms with Crippen molar-refractivity contribution in [2.75, 3.05) is 25.5 Å². The van der Waals surface area contributed by atoms with E-state index in [4.69, 9.17) is 4.98 Å². The molecule has 0 saturated carbocycles. The Morgan fingerprint density at radius 1 is 1.48 bits per heavy atom. The molecule has 114 valence electrons. The Morgan fingerprint density at radius 2 is 2.33 bits per heavy atom. The molecule has 5 nitrogen and oxygen atoms in total. The zero-order valence-corrected chi connectivity index (χ0v) is 13.8. The highest BCUT2D eigenvalue weighted by molar-refractivity contribution is 7.15. The van der Waals surface area contributed by atoms with Crippen molar-refractivity contribution in [3.63, 3.8) is 0 Å². The quantitative estimate of drug-likeness (QED) is 0.921. The number of aromatic nitrogens is 3. The number of hydrogen-bond donors (Lipinski definition) is 1. The van der Waals surface area contributed by atoms with Gasteiger partial charge in [0.15, 0.2) is 5.13 Å². The first kappa shape index (κ1) is 14.5. The molecule has 6 heteroatoms. The molecule has 1 N–H and O–H groups in total. The molecule has 3 rings (SSSR count). The minimum Gasteiger partial charge on any atom is -0.354 e. The summed E-state index contributed by atoms with van der Waals surface area (Å²) in [7, 11) is 4.06. The molecule has 0 fully saturated rings. The zero-order chi connectivity index (χ0) is 14.8. The molecule has 1 atom stereocenters. The summed E-state index contributed by atoms with van der Waals surface area (Å²) in [6.45, 7) is 5.08. The third kappa shape index (κ3) is 3.27. The molecule has 0 unspecified atom stereocenters. The van der Waals surface area contributed by atoms with E-state index in [1.807, 2.05) is 20.3 Å². The van der Waals surface area contributed by atoms with Crippen molar-refractivity contribution >= 4 is 16.5 Å². The minimum atomic E-state index is 0.536. The first-order valence-electron chi connectivity index (χ1n) is 7.50. The molecule has 1 aliphatic rings. The maximum absolute atomic E-state index is 4.69. The summed E-state index contributed by atoms with van der Waals surface area (Å²) >= 11 is 1.75. The van der Waals surface area contributed by atoms with Crippen molar-refractivity contribution < 1.29 is 0 Å². The van der Waals surface area contributed by atoms with E-state index >= 15 is 0 Å². The molecule has 21 heavy (non-hydrogen) atoms. The number of nitrogens with one attached hydrogen (secondary N) is 1. The van der Waals surface area contributed by atoms with Crippen molar-refractivity contribution in [3.05, 3.63) is 28.8 Å². The second-order valence-electron chi connectivity index (χ2n) is 5.91. The highest BCUT2D eigenvalue weighted by Gasteiger charge is 2.21. The van der Waals surface area contributed by atoms with E-state index in [2.05, 4.69) is 32.9 Å². The van der Waals surface area contributed by atoms with Crippen molar-refractivity contribution in [1.29, 1.82) is 0 Å². The Hall–Kier alpha value is -1.40. The first-order chi connectivity index (χ1) is 10.1. The van der Waals surface area contributed by atoms with Gasteiger partial charge in [-0.1, -0.05) is 0 Å². The highest BCUT2D eigenvalue weighted by Crippen LogP contribution is 2.26. The van der Waals surface area contributed by atoms with Crippen LogP contribution in [0, 0.1) is 6.92 Å². The van der Waals surface area contributed by atoms with Gasteiger partial charge in [0.25, 0.3) is 0 Å². The lowest BCUT2D eigenvalue weighted by molar-refractivity contribution is 0.423. The molecule has 2 aromatic rings. The van der Waals surface area contributed by atoms with Crippen LogP contribution in [0.15, 0.2) is 12.4 Å². The summed E-state index contributed by atoms with van der Waals surface area (Å²) in [5.74, 6) is 1.79. The lowest BCUT2D eigenvalue weighted by Crippen LogP contribution is -2.26. The van der Waals surface area contributed by atoms with E-state index in [1.165, 1.54) is 23.5 Å². The standard InChI is InChI=1S/C15H23N5S/c1-11-10-20-6-4-5-12(14(20)18-11)7-16-8-13-9-17-15(21-13)19(2)3/h9-10,12,16H,4-8H2,1-3H3/t12-/m1/s1. The van der Waals surface area contributed by atoms with Gasteiger partial charge in [-0.15, -0.1) is 11.3 Å². The molecule has 0 radical (unpaired) electrons. The molecule has 0 bridgehead atoms. The van der Waals surface area contributed by atoms with Gasteiger partial charge in [-0.25, -0.2) is 9.97 Å². The molecule has 0 saturated heterocycles. The maximum Gasteiger partial charge on any atom is 0.185 e. The van der Waals surface area contributed by atoms with Gasteiger partial charge in [0.05, 0.1) is 5.69 Å². The first-order valence-corrected chi connectivity index (χ1v) is 8.31. The van der Waals surface area contributed by atoms with Crippen LogP contribution in [-0.2, 0) is 13.1 Å². The number of nitrogens with zero attached hydrogens (tertiary/aromatic N) is 4. The summed E-state index contributed by atoms with van der Waals surface area (Å²) < 4.78 is 2.32. The SMILES string of the molecule is Cc1cn2c(n1)[C@@H](CNCc1cnc(N(C)C)s1)CCC2. The number of imidazole rings is 1. The number of hydrogen-bond acceptors (Lipinski definition) is 5. The normalized spacial score (nSPS) is 17.8. The zero-order valence-electron chi connectivity index (χ0n) is 13.0. The topological polar surface area (TPSA) is 46.0 Å². The fraction of sp³-hybridized carbons (Fsp3) is 0.600. The van der Waals surface area contributed by atoms with Crippen LogP contribution in [0.1, 0.15) is 35.2 Å². The van der Waals surface area contributed by atoms with Crippen LogP contribution in [0.5, 0.6) is 0 Å². The second-order valence-corrected chi connectivity index (χ2v) is 7.00. The molecular weight excluding hydrogens is 282 g/mol. The molecular formula is C15H23N5S. The predicted octanol–water partition coefficient (Wildman–Crippen LogP) is 2.38. The smallest absolute Gasteiger partial charge is 0.185 e. The van der Waals surface area contributed by atoms with Crippen LogP contribution < -0.4 is 10.2 Å². The Kier molecular flexibility index (Phi) is 4.26. The van der Waals surface area contributed by atoms with Gasteiger partial charge in [0, 0.05) is 56.9 Å². The monoisotopic (exact) mass is 305 g/mol. The summed E-state index contributed by atoms with van der Waals surface area (Å²) in [5.41, 5.74) is 1.13. The van der Waals surface area contributed by atoms with Crippen molar-refractivity contribution in [2.45, 2.75) is 38.8 Å². The van der Waals surface area contributed by atoms with Gasteiger partial charge < -0.3 is 14.8 Å². The van der Waals surface area contributed by atoms with E-state index in [0.717, 1.165) is 30.5 Å². The Morgan fingerprint density at radius 3 is 3.10 bits per heavy atom. The number of fused-ring (bicyclic) bond motifs is 1. The van der Waals surface area contributed by atoms with Gasteiger partial charge in [-0.2, -0.15) is 0 Å². The third-order valence-corrected chi connectivity index (χ3v) is 5.02. The summed E-state index contributed by atoms with van der Waals surface area (Å²) in [6, 6.07) is 0. The molecule has 2 aromatic heterocycles. The average Bonchev–Trinajstić information content (AvgIpc) is 3.04. The fourth-order valence-corrected chi connectivity index (χ4v) is 3.66. The largest absolute Gasteiger partial charge is 0.354 e. The molecule has 1 aliphatic heterocycles. The van der Waals surface area contributed by atoms with Crippen molar-refractivity contribution in [1.82, 2.24) is 19.9 Å². The molecule has 0 aliphatic carbocycles. The van der Waals surface area contributed by atoms with Crippen molar-refractivity contribution in [3.8, 4) is 0 Å². The molecule has 0 aromatic carbocycles. The Labute approximate surface area is 130 Å². The lowest BCUT2D eigenvalue weighted by atomic mass is 9.99. The second kappa shape index (κ2) is 6.15. The molecule has 0 amide bonds. The van der Waals surface area contributed by atoms with Gasteiger partial charge in [-0.05, 0) is 19.8 Å². The fourth-order valence-electron chi connectivity index (χ4n) is 2.86. The van der Waals surface area contributed by atoms with Crippen LogP contribution in [0.3, 0.4) is 0 Å². The van der Waals surface area contributed by atoms with Gasteiger partial charge in [-0.3, -0.25) is 0 Å². The van der Waals surface area contributed by atoms with Crippen LogP contribution in [0.4, 0.5) is 5.13 Å². The lowest BCUT2D eigenvalue weighted by Gasteiger charge is -2.23. The van der Waals surface area contributed by atoms with Gasteiger partial charge in [0.1, 0.15) is 5.82 Å². The van der Waals surface area contributed by atoms with E-state index in [9.17, 15) is 0 Å². The maximum atomic E-state index is 4.69. The summed E-state index contributed by atoms with van der Waals surface area (Å²) in [4.78, 5) is 12.4. The number of thiazole rings is 1. The van der Waals surface area contributed by atoms with Crippen LogP contribution in [0.25, 0.3) is 0 Å². The van der Waals surface area contributed by atoms with E-state index in [-0.39, 0.29) is 0 Å². The van der Waals surface area contributed by atoms with Gasteiger partial charge in [0.2, 0.25) is 0 Å². The average molecular weight is 305 g/mol. The number of aryl methyl sites for hydroxylation is 2. The van der Waals surface area contributed by atoms with E-state index in [0.29, 0.717) is 5.92 Å². The van der Waals surface area contributed by atoms with Crippen molar-refractivity contribution in [2.24, 2.45) is 0 Å². The third-order valence-electron chi connectivity index (χ3n) is 3.86. The highest BCUT2D eigenvalue weighted by atomic mass is 32.1. The molecule has 3 heterocycles.